The molecule has 43 heavy (non-hydrogen) atoms. The van der Waals surface area contributed by atoms with Gasteiger partial charge in [0.15, 0.2) is 0 Å². The van der Waals surface area contributed by atoms with Crippen LogP contribution in [0.3, 0.4) is 0 Å². The van der Waals surface area contributed by atoms with E-state index in [1.165, 1.54) is 0 Å². The van der Waals surface area contributed by atoms with Crippen molar-refractivity contribution in [2.45, 2.75) is 45.6 Å². The Morgan fingerprint density at radius 1 is 0.930 bits per heavy atom. The van der Waals surface area contributed by atoms with Crippen molar-refractivity contribution < 1.29 is 38.1 Å². The largest absolute Gasteiger partial charge is 0.494 e. The average Bonchev–Trinajstić information content (AvgIpc) is 3.22. The summed E-state index contributed by atoms with van der Waals surface area (Å²) in [5, 5.41) is 19.3. The van der Waals surface area contributed by atoms with Gasteiger partial charge in [0, 0.05) is 29.6 Å². The number of aromatic nitrogens is 1. The third-order valence-corrected chi connectivity index (χ3v) is 7.34. The molecule has 1 heterocycles. The number of fused-ring (bicyclic) bond motifs is 1. The van der Waals surface area contributed by atoms with Crippen LogP contribution in [0, 0.1) is 18.6 Å². The molecule has 10 heteroatoms. The predicted octanol–water partition coefficient (Wildman–Crippen LogP) is 7.78. The Hall–Kier alpha value is -4.37. The normalized spacial score (nSPS) is 11.3. The van der Waals surface area contributed by atoms with Gasteiger partial charge >= 0.3 is 11.9 Å². The number of aliphatic carboxylic acids is 2. The smallest absolute Gasteiger partial charge is 0.323 e. The lowest BCUT2D eigenvalue weighted by atomic mass is 10.0. The fourth-order valence-corrected chi connectivity index (χ4v) is 5.07. The maximum absolute atomic E-state index is 13.5. The van der Waals surface area contributed by atoms with Crippen molar-refractivity contribution in [2.24, 2.45) is 0 Å². The summed E-state index contributed by atoms with van der Waals surface area (Å²) in [6.45, 7) is 2.35. The van der Waals surface area contributed by atoms with E-state index in [1.807, 2.05) is 61.5 Å². The molecule has 3 aromatic carbocycles. The van der Waals surface area contributed by atoms with Crippen molar-refractivity contribution in [2.75, 3.05) is 13.2 Å². The Labute approximate surface area is 252 Å². The van der Waals surface area contributed by atoms with Crippen LogP contribution in [0.4, 0.5) is 8.78 Å². The standard InChI is InChI=1S/C33H32ClF2NO6/c1-21-26(7-5-9-30(38)39)27-8-4-6-23(33(27)37(21)20-31(40)41)13-10-22-11-14-25(15-12-22)42-16-2-3-17-43-29-19-24(35)18-28(36)32(29)34/h4,6,8,10-15,18-19H,2-3,5,7,9,16-17,20H2,1H3,(H,38,39)(H,40,41). The van der Waals surface area contributed by atoms with Gasteiger partial charge in [-0.25, -0.2) is 8.78 Å². The molecule has 0 aliphatic rings. The lowest BCUT2D eigenvalue weighted by Gasteiger charge is -2.10. The molecule has 0 bridgehead atoms. The summed E-state index contributed by atoms with van der Waals surface area (Å²) >= 11 is 5.80. The van der Waals surface area contributed by atoms with Crippen LogP contribution < -0.4 is 9.47 Å². The Morgan fingerprint density at radius 3 is 2.35 bits per heavy atom. The lowest BCUT2D eigenvalue weighted by molar-refractivity contribution is -0.138. The maximum atomic E-state index is 13.5. The average molecular weight is 612 g/mol. The van der Waals surface area contributed by atoms with Gasteiger partial charge in [0.05, 0.1) is 18.7 Å². The zero-order chi connectivity index (χ0) is 30.9. The molecule has 4 aromatic rings. The van der Waals surface area contributed by atoms with E-state index in [4.69, 9.17) is 26.2 Å². The monoisotopic (exact) mass is 611 g/mol. The number of carbonyl (C=O) groups is 2. The molecule has 226 valence electrons. The molecular formula is C33H32ClF2NO6. The number of nitrogens with zero attached hydrogens (tertiary/aromatic N) is 1. The van der Waals surface area contributed by atoms with Crippen molar-refractivity contribution in [1.82, 2.24) is 4.57 Å². The van der Waals surface area contributed by atoms with E-state index in [9.17, 15) is 23.5 Å². The van der Waals surface area contributed by atoms with Crippen LogP contribution in [0.2, 0.25) is 5.02 Å². The minimum absolute atomic E-state index is 0.0265. The summed E-state index contributed by atoms with van der Waals surface area (Å²) in [6, 6.07) is 15.1. The van der Waals surface area contributed by atoms with Crippen LogP contribution >= 0.6 is 11.6 Å². The van der Waals surface area contributed by atoms with E-state index in [0.29, 0.717) is 44.1 Å². The third kappa shape index (κ3) is 8.35. The number of aryl methyl sites for hydroxylation is 1. The number of hydrogen-bond acceptors (Lipinski definition) is 4. The van der Waals surface area contributed by atoms with Gasteiger partial charge in [-0.05, 0) is 61.4 Å². The van der Waals surface area contributed by atoms with Gasteiger partial charge in [-0.1, -0.05) is 54.1 Å². The van der Waals surface area contributed by atoms with Gasteiger partial charge in [-0.3, -0.25) is 9.59 Å². The molecule has 2 N–H and O–H groups in total. The van der Waals surface area contributed by atoms with Crippen molar-refractivity contribution in [3.8, 4) is 11.5 Å². The molecule has 0 fully saturated rings. The first-order valence-corrected chi connectivity index (χ1v) is 14.2. The molecule has 0 amide bonds. The molecular weight excluding hydrogens is 580 g/mol. The van der Waals surface area contributed by atoms with Crippen LogP contribution in [0.15, 0.2) is 54.6 Å². The van der Waals surface area contributed by atoms with Crippen LogP contribution in [0.5, 0.6) is 11.5 Å². The van der Waals surface area contributed by atoms with E-state index < -0.39 is 23.6 Å². The van der Waals surface area contributed by atoms with Gasteiger partial charge in [0.25, 0.3) is 0 Å². The summed E-state index contributed by atoms with van der Waals surface area (Å²) in [5.74, 6) is -2.77. The van der Waals surface area contributed by atoms with Gasteiger partial charge in [0.1, 0.15) is 34.7 Å². The van der Waals surface area contributed by atoms with Crippen LogP contribution in [-0.4, -0.2) is 39.9 Å². The van der Waals surface area contributed by atoms with Crippen LogP contribution in [0.25, 0.3) is 23.1 Å². The Morgan fingerprint density at radius 2 is 1.65 bits per heavy atom. The van der Waals surface area contributed by atoms with Gasteiger partial charge in [-0.2, -0.15) is 0 Å². The minimum Gasteiger partial charge on any atom is -0.494 e. The van der Waals surface area contributed by atoms with Gasteiger partial charge in [-0.15, -0.1) is 0 Å². The quantitative estimate of drug-likeness (QED) is 0.0809. The van der Waals surface area contributed by atoms with E-state index in [0.717, 1.165) is 39.4 Å². The molecule has 0 spiro atoms. The van der Waals surface area contributed by atoms with Crippen molar-refractivity contribution in [3.63, 3.8) is 0 Å². The third-order valence-electron chi connectivity index (χ3n) is 6.97. The van der Waals surface area contributed by atoms with Crippen LogP contribution in [0.1, 0.15) is 48.1 Å². The van der Waals surface area contributed by atoms with E-state index >= 15 is 0 Å². The number of halogens is 3. The predicted molar refractivity (Wildman–Crippen MR) is 162 cm³/mol. The summed E-state index contributed by atoms with van der Waals surface area (Å²) in [7, 11) is 0. The molecule has 0 unspecified atom stereocenters. The fraction of sp³-hybridized carbons (Fsp3) is 0.273. The Bertz CT molecular complexity index is 1630. The summed E-state index contributed by atoms with van der Waals surface area (Å²) < 4.78 is 39.8. The molecule has 1 aromatic heterocycles. The number of benzene rings is 3. The highest BCUT2D eigenvalue weighted by Gasteiger charge is 2.18. The SMILES string of the molecule is Cc1c(CCCC(=O)O)c2cccc(C=Cc3ccc(OCCCCOc4cc(F)cc(F)c4Cl)cc3)c2n1CC(=O)O. The minimum atomic E-state index is -0.953. The second-order valence-corrected chi connectivity index (χ2v) is 10.4. The molecule has 0 saturated carbocycles. The number of hydrogen-bond donors (Lipinski definition) is 2. The Balaban J connectivity index is 1.36. The second-order valence-electron chi connectivity index (χ2n) is 10.0. The van der Waals surface area contributed by atoms with E-state index in [2.05, 4.69) is 0 Å². The van der Waals surface area contributed by atoms with Crippen molar-refractivity contribution in [3.05, 3.63) is 93.6 Å². The Kier molecular flexibility index (Phi) is 10.8. The molecule has 0 radical (unpaired) electrons. The van der Waals surface area contributed by atoms with Crippen molar-refractivity contribution in [1.29, 1.82) is 0 Å². The van der Waals surface area contributed by atoms with E-state index in [-0.39, 0.29) is 30.3 Å². The molecule has 7 nitrogen and oxygen atoms in total. The molecule has 0 saturated heterocycles. The zero-order valence-corrected chi connectivity index (χ0v) is 24.4. The van der Waals surface area contributed by atoms with Gasteiger partial charge in [0.2, 0.25) is 0 Å². The highest BCUT2D eigenvalue weighted by Crippen LogP contribution is 2.31. The maximum Gasteiger partial charge on any atom is 0.323 e. The van der Waals surface area contributed by atoms with Crippen LogP contribution in [-0.2, 0) is 22.6 Å². The number of carboxylic acid groups (broad SMARTS) is 2. The fourth-order valence-electron chi connectivity index (χ4n) is 4.91. The number of rotatable bonds is 15. The molecule has 0 atom stereocenters. The topological polar surface area (TPSA) is 98.0 Å². The van der Waals surface area contributed by atoms with Gasteiger partial charge < -0.3 is 24.3 Å². The second kappa shape index (κ2) is 14.7. The number of carboxylic acids is 2. The van der Waals surface area contributed by atoms with E-state index in [1.54, 1.807) is 4.57 Å². The summed E-state index contributed by atoms with van der Waals surface area (Å²) in [4.78, 5) is 22.7. The van der Waals surface area contributed by atoms with Crippen molar-refractivity contribution >= 4 is 46.6 Å². The highest BCUT2D eigenvalue weighted by molar-refractivity contribution is 6.32. The zero-order valence-electron chi connectivity index (χ0n) is 23.6. The summed E-state index contributed by atoms with van der Waals surface area (Å²) in [6.07, 6.45) is 6.20. The number of ether oxygens (including phenoxy) is 2. The summed E-state index contributed by atoms with van der Waals surface area (Å²) in [5.41, 5.74) is 4.37. The molecule has 0 aliphatic carbocycles. The first-order chi connectivity index (χ1) is 20.6. The number of unbranched alkanes of at least 4 members (excludes halogenated alkanes) is 1. The molecule has 0 aliphatic heterocycles. The first-order valence-electron chi connectivity index (χ1n) is 13.9. The first kappa shape index (κ1) is 31.6. The highest BCUT2D eigenvalue weighted by atomic mass is 35.5. The number of para-hydroxylation sites is 1. The molecule has 4 rings (SSSR count). The lowest BCUT2D eigenvalue weighted by Crippen LogP contribution is -2.10.